The molecule has 2 aromatic carbocycles. The fourth-order valence-electron chi connectivity index (χ4n) is 2.59. The fraction of sp³-hybridized carbons (Fsp3) is 0.333. The van der Waals surface area contributed by atoms with E-state index in [1.807, 2.05) is 7.05 Å². The Hall–Kier alpha value is -2.97. The molecular weight excluding hydrogens is 375 g/mol. The second-order valence-electron chi connectivity index (χ2n) is 6.58. The second kappa shape index (κ2) is 11.8. The van der Waals surface area contributed by atoms with Crippen LogP contribution < -0.4 is 16.0 Å². The van der Waals surface area contributed by atoms with Gasteiger partial charge in [-0.15, -0.1) is 0 Å². The molecule has 29 heavy (non-hydrogen) atoms. The summed E-state index contributed by atoms with van der Waals surface area (Å²) in [5.41, 5.74) is 1.21. The van der Waals surface area contributed by atoms with Gasteiger partial charge in [0.05, 0.1) is 6.61 Å². The van der Waals surface area contributed by atoms with Crippen LogP contribution >= 0.6 is 0 Å². The predicted octanol–water partition coefficient (Wildman–Crippen LogP) is 3.17. The molecule has 0 aliphatic carbocycles. The molecule has 0 aliphatic rings. The highest BCUT2D eigenvalue weighted by molar-refractivity contribution is 6.05. The van der Waals surface area contributed by atoms with Gasteiger partial charge in [0.15, 0.2) is 0 Å². The Morgan fingerprint density at radius 2 is 1.76 bits per heavy atom. The Morgan fingerprint density at radius 1 is 1.03 bits per heavy atom. The minimum atomic E-state index is -0.431. The standard InChI is InChI=1S/C21H27FN4O3/c1-26(12-13-29-2)11-5-10-23-21(28)25-18-8-3-6-16(14-18)20(27)24-19-9-4-7-17(22)15-19/h3-4,6-9,14-15H,5,10-13H2,1-2H3,(H,24,27)(H2,23,25,28). The maximum absolute atomic E-state index is 13.2. The van der Waals surface area contributed by atoms with Crippen molar-refractivity contribution in [3.05, 3.63) is 59.9 Å². The van der Waals surface area contributed by atoms with Crippen molar-refractivity contribution in [1.82, 2.24) is 10.2 Å². The first-order valence-electron chi connectivity index (χ1n) is 9.37. The molecule has 0 fully saturated rings. The number of ether oxygens (including phenoxy) is 1. The molecule has 0 saturated heterocycles. The van der Waals surface area contributed by atoms with Crippen molar-refractivity contribution >= 4 is 23.3 Å². The van der Waals surface area contributed by atoms with Crippen molar-refractivity contribution in [1.29, 1.82) is 0 Å². The molecule has 7 nitrogen and oxygen atoms in total. The van der Waals surface area contributed by atoms with E-state index < -0.39 is 11.7 Å². The van der Waals surface area contributed by atoms with E-state index >= 15 is 0 Å². The normalized spacial score (nSPS) is 10.6. The molecule has 3 N–H and O–H groups in total. The van der Waals surface area contributed by atoms with Gasteiger partial charge in [0.1, 0.15) is 5.82 Å². The van der Waals surface area contributed by atoms with Gasteiger partial charge in [-0.25, -0.2) is 9.18 Å². The lowest BCUT2D eigenvalue weighted by Crippen LogP contribution is -2.32. The number of methoxy groups -OCH3 is 1. The SMILES string of the molecule is COCCN(C)CCCNC(=O)Nc1cccc(C(=O)Nc2cccc(F)c2)c1. The van der Waals surface area contributed by atoms with Crippen molar-refractivity contribution < 1.29 is 18.7 Å². The van der Waals surface area contributed by atoms with E-state index in [0.29, 0.717) is 30.1 Å². The topological polar surface area (TPSA) is 82.7 Å². The molecule has 156 valence electrons. The number of anilines is 2. The van der Waals surface area contributed by atoms with Gasteiger partial charge in [0.25, 0.3) is 5.91 Å². The van der Waals surface area contributed by atoms with E-state index in [0.717, 1.165) is 19.5 Å². The number of carbonyl (C=O) groups excluding carboxylic acids is 2. The summed E-state index contributed by atoms with van der Waals surface area (Å²) in [6.07, 6.45) is 0.809. The Bertz CT molecular complexity index is 816. The largest absolute Gasteiger partial charge is 0.383 e. The third-order valence-corrected chi connectivity index (χ3v) is 4.14. The van der Waals surface area contributed by atoms with Crippen molar-refractivity contribution in [2.24, 2.45) is 0 Å². The second-order valence-corrected chi connectivity index (χ2v) is 6.58. The fourth-order valence-corrected chi connectivity index (χ4v) is 2.59. The number of nitrogens with zero attached hydrogens (tertiary/aromatic N) is 1. The van der Waals surface area contributed by atoms with Gasteiger partial charge in [0, 0.05) is 37.1 Å². The highest BCUT2D eigenvalue weighted by Crippen LogP contribution is 2.14. The lowest BCUT2D eigenvalue weighted by atomic mass is 10.2. The summed E-state index contributed by atoms with van der Waals surface area (Å²) in [5.74, 6) is -0.821. The number of hydrogen-bond donors (Lipinski definition) is 3. The Kier molecular flexibility index (Phi) is 9.07. The molecule has 0 unspecified atom stereocenters. The molecule has 0 spiro atoms. The van der Waals surface area contributed by atoms with Gasteiger partial charge in [-0.1, -0.05) is 12.1 Å². The third-order valence-electron chi connectivity index (χ3n) is 4.14. The maximum Gasteiger partial charge on any atom is 0.319 e. The van der Waals surface area contributed by atoms with Crippen LogP contribution in [0.1, 0.15) is 16.8 Å². The van der Waals surface area contributed by atoms with Gasteiger partial charge in [-0.05, 0) is 56.4 Å². The van der Waals surface area contributed by atoms with Crippen molar-refractivity contribution in [2.45, 2.75) is 6.42 Å². The number of carbonyl (C=O) groups is 2. The summed E-state index contributed by atoms with van der Waals surface area (Å²) in [4.78, 5) is 26.5. The molecule has 2 rings (SSSR count). The van der Waals surface area contributed by atoms with E-state index in [2.05, 4.69) is 20.9 Å². The van der Waals surface area contributed by atoms with E-state index in [1.54, 1.807) is 37.4 Å². The number of amides is 3. The van der Waals surface area contributed by atoms with Gasteiger partial charge in [-0.2, -0.15) is 0 Å². The van der Waals surface area contributed by atoms with Crippen LogP contribution in [-0.2, 0) is 4.74 Å². The molecular formula is C21H27FN4O3. The Labute approximate surface area is 170 Å². The third kappa shape index (κ3) is 8.28. The first-order valence-corrected chi connectivity index (χ1v) is 9.37. The molecule has 0 heterocycles. The Morgan fingerprint density at radius 3 is 2.48 bits per heavy atom. The quantitative estimate of drug-likeness (QED) is 0.533. The van der Waals surface area contributed by atoms with Gasteiger partial charge in [0.2, 0.25) is 0 Å². The molecule has 0 bridgehead atoms. The van der Waals surface area contributed by atoms with E-state index in [1.165, 1.54) is 18.2 Å². The summed E-state index contributed by atoms with van der Waals surface area (Å²) in [7, 11) is 3.67. The van der Waals surface area contributed by atoms with Crippen LogP contribution in [0.3, 0.4) is 0 Å². The maximum atomic E-state index is 13.2. The number of hydrogen-bond acceptors (Lipinski definition) is 4. The van der Waals surface area contributed by atoms with Gasteiger partial charge >= 0.3 is 6.03 Å². The molecule has 2 aromatic rings. The van der Waals surface area contributed by atoms with E-state index in [4.69, 9.17) is 4.74 Å². The minimum absolute atomic E-state index is 0.341. The molecule has 0 atom stereocenters. The lowest BCUT2D eigenvalue weighted by Gasteiger charge is -2.16. The van der Waals surface area contributed by atoms with Crippen LogP contribution in [0.5, 0.6) is 0 Å². The molecule has 0 saturated carbocycles. The summed E-state index contributed by atoms with van der Waals surface area (Å²) in [5, 5.41) is 8.12. The first kappa shape index (κ1) is 22.3. The smallest absolute Gasteiger partial charge is 0.319 e. The summed E-state index contributed by atoms with van der Waals surface area (Å²) >= 11 is 0. The zero-order chi connectivity index (χ0) is 21.1. The van der Waals surface area contributed by atoms with Crippen LogP contribution in [-0.4, -0.2) is 57.2 Å². The molecule has 0 aliphatic heterocycles. The van der Waals surface area contributed by atoms with Crippen LogP contribution in [0.4, 0.5) is 20.6 Å². The van der Waals surface area contributed by atoms with Gasteiger partial charge in [-0.3, -0.25) is 4.79 Å². The minimum Gasteiger partial charge on any atom is -0.383 e. The van der Waals surface area contributed by atoms with E-state index in [9.17, 15) is 14.0 Å². The van der Waals surface area contributed by atoms with Gasteiger partial charge < -0.3 is 25.6 Å². The summed E-state index contributed by atoms with van der Waals surface area (Å²) in [6.45, 7) is 2.89. The lowest BCUT2D eigenvalue weighted by molar-refractivity contribution is 0.102. The monoisotopic (exact) mass is 402 g/mol. The summed E-state index contributed by atoms with van der Waals surface area (Å²) < 4.78 is 18.3. The number of likely N-dealkylation sites (N-methyl/N-ethyl adjacent to an activating group) is 1. The van der Waals surface area contributed by atoms with Crippen molar-refractivity contribution in [3.8, 4) is 0 Å². The number of rotatable bonds is 10. The van der Waals surface area contributed by atoms with Crippen LogP contribution in [0.2, 0.25) is 0 Å². The average molecular weight is 402 g/mol. The van der Waals surface area contributed by atoms with Crippen LogP contribution in [0.25, 0.3) is 0 Å². The molecule has 8 heteroatoms. The zero-order valence-electron chi connectivity index (χ0n) is 16.7. The Balaban J connectivity index is 1.79. The average Bonchev–Trinajstić information content (AvgIpc) is 2.70. The number of halogens is 1. The van der Waals surface area contributed by atoms with E-state index in [-0.39, 0.29) is 6.03 Å². The highest BCUT2D eigenvalue weighted by atomic mass is 19.1. The van der Waals surface area contributed by atoms with Crippen molar-refractivity contribution in [2.75, 3.05) is 51.0 Å². The molecule has 0 aromatic heterocycles. The number of urea groups is 1. The van der Waals surface area contributed by atoms with Crippen molar-refractivity contribution in [3.63, 3.8) is 0 Å². The van der Waals surface area contributed by atoms with Crippen LogP contribution in [0.15, 0.2) is 48.5 Å². The molecule has 3 amide bonds. The number of benzene rings is 2. The molecule has 0 radical (unpaired) electrons. The summed E-state index contributed by atoms with van der Waals surface area (Å²) in [6, 6.07) is 11.9. The highest BCUT2D eigenvalue weighted by Gasteiger charge is 2.09. The number of nitrogens with one attached hydrogen (secondary N) is 3. The predicted molar refractivity (Wildman–Crippen MR) is 112 cm³/mol. The zero-order valence-corrected chi connectivity index (χ0v) is 16.7. The first-order chi connectivity index (χ1) is 14.0. The van der Waals surface area contributed by atoms with Crippen LogP contribution in [0, 0.1) is 5.82 Å².